The van der Waals surface area contributed by atoms with Crippen molar-refractivity contribution in [1.29, 1.82) is 0 Å². The van der Waals surface area contributed by atoms with E-state index in [9.17, 15) is 4.79 Å². The van der Waals surface area contributed by atoms with E-state index in [0.29, 0.717) is 17.1 Å². The zero-order valence-electron chi connectivity index (χ0n) is 11.2. The van der Waals surface area contributed by atoms with Gasteiger partial charge in [0.25, 0.3) is 0 Å². The number of allylic oxidation sites excluding steroid dienone is 2. The maximum Gasteiger partial charge on any atom is 0.228 e. The van der Waals surface area contributed by atoms with Gasteiger partial charge in [0.1, 0.15) is 6.33 Å². The molecular formula is C13H13N5O2S. The molecule has 0 radical (unpaired) electrons. The molecule has 1 aliphatic rings. The molecular weight excluding hydrogens is 290 g/mol. The van der Waals surface area contributed by atoms with Crippen LogP contribution in [0, 0.1) is 5.92 Å². The fourth-order valence-corrected chi connectivity index (χ4v) is 3.13. The maximum atomic E-state index is 11.9. The van der Waals surface area contributed by atoms with Crippen LogP contribution in [0.1, 0.15) is 11.5 Å². The minimum absolute atomic E-state index is 0.345. The highest BCUT2D eigenvalue weighted by Crippen LogP contribution is 2.46. The van der Waals surface area contributed by atoms with Gasteiger partial charge >= 0.3 is 0 Å². The Hall–Kier alpha value is -2.32. The molecule has 2 unspecified atom stereocenters. The van der Waals surface area contributed by atoms with Crippen molar-refractivity contribution >= 4 is 22.8 Å². The molecule has 0 aliphatic heterocycles. The van der Waals surface area contributed by atoms with Gasteiger partial charge in [-0.1, -0.05) is 18.2 Å². The van der Waals surface area contributed by atoms with E-state index in [0.717, 1.165) is 0 Å². The van der Waals surface area contributed by atoms with E-state index < -0.39 is 17.4 Å². The molecule has 1 amide bonds. The van der Waals surface area contributed by atoms with Crippen LogP contribution in [0.4, 0.5) is 0 Å². The van der Waals surface area contributed by atoms with Crippen LogP contribution in [-0.2, 0) is 15.1 Å². The molecule has 3 N–H and O–H groups in total. The fourth-order valence-electron chi connectivity index (χ4n) is 2.58. The van der Waals surface area contributed by atoms with Gasteiger partial charge in [0, 0.05) is 18.1 Å². The highest BCUT2D eigenvalue weighted by molar-refractivity contribution is 7.07. The lowest BCUT2D eigenvalue weighted by Gasteiger charge is -2.37. The number of rotatable bonds is 4. The molecule has 7 nitrogen and oxygen atoms in total. The highest BCUT2D eigenvalue weighted by atomic mass is 32.1. The summed E-state index contributed by atoms with van der Waals surface area (Å²) in [5, 5.41) is 8.64. The smallest absolute Gasteiger partial charge is 0.228 e. The van der Waals surface area contributed by atoms with Crippen molar-refractivity contribution < 1.29 is 9.53 Å². The van der Waals surface area contributed by atoms with Crippen molar-refractivity contribution in [3.63, 3.8) is 0 Å². The predicted octanol–water partition coefficient (Wildman–Crippen LogP) is 0.858. The number of primary amides is 1. The average molecular weight is 303 g/mol. The average Bonchev–Trinajstić information content (AvgIpc) is 3.19. The van der Waals surface area contributed by atoms with Gasteiger partial charge in [-0.05, 0) is 0 Å². The summed E-state index contributed by atoms with van der Waals surface area (Å²) < 4.78 is 5.73. The van der Waals surface area contributed by atoms with Crippen molar-refractivity contribution in [2.45, 2.75) is 5.60 Å². The Bertz CT molecular complexity index is 692. The Morgan fingerprint density at radius 1 is 1.52 bits per heavy atom. The van der Waals surface area contributed by atoms with Crippen LogP contribution in [-0.4, -0.2) is 33.2 Å². The van der Waals surface area contributed by atoms with E-state index in [4.69, 9.17) is 10.5 Å². The van der Waals surface area contributed by atoms with Crippen LogP contribution in [0.5, 0.6) is 0 Å². The second kappa shape index (κ2) is 5.23. The number of hydrogen-bond acceptors (Lipinski definition) is 6. The van der Waals surface area contributed by atoms with Gasteiger partial charge in [-0.25, -0.2) is 9.97 Å². The topological polar surface area (TPSA) is 107 Å². The number of aromatic amines is 1. The summed E-state index contributed by atoms with van der Waals surface area (Å²) in [4.78, 5) is 20.4. The van der Waals surface area contributed by atoms with Crippen LogP contribution in [0.25, 0.3) is 5.57 Å². The monoisotopic (exact) mass is 303 g/mol. The van der Waals surface area contributed by atoms with E-state index in [-0.39, 0.29) is 0 Å². The zero-order valence-corrected chi connectivity index (χ0v) is 12.0. The molecule has 0 saturated heterocycles. The van der Waals surface area contributed by atoms with Gasteiger partial charge in [-0.2, -0.15) is 5.10 Å². The predicted molar refractivity (Wildman–Crippen MR) is 77.0 cm³/mol. The summed E-state index contributed by atoms with van der Waals surface area (Å²) >= 11 is 1.45. The summed E-state index contributed by atoms with van der Waals surface area (Å²) in [7, 11) is 1.51. The van der Waals surface area contributed by atoms with E-state index in [2.05, 4.69) is 20.2 Å². The van der Waals surface area contributed by atoms with Crippen molar-refractivity contribution in [1.82, 2.24) is 20.2 Å². The summed E-state index contributed by atoms with van der Waals surface area (Å²) in [5.74, 6) is -0.892. The van der Waals surface area contributed by atoms with Gasteiger partial charge in [0.05, 0.1) is 17.1 Å². The first-order valence-electron chi connectivity index (χ1n) is 6.18. The third-order valence-electron chi connectivity index (χ3n) is 3.49. The van der Waals surface area contributed by atoms with Gasteiger partial charge < -0.3 is 10.5 Å². The molecule has 8 heteroatoms. The number of aromatic nitrogens is 4. The lowest BCUT2D eigenvalue weighted by Crippen LogP contribution is -2.46. The minimum Gasteiger partial charge on any atom is -0.369 e. The molecule has 3 rings (SSSR count). The lowest BCUT2D eigenvalue weighted by molar-refractivity contribution is -0.128. The fraction of sp³-hybridized carbons (Fsp3) is 0.231. The molecule has 1 aliphatic carbocycles. The lowest BCUT2D eigenvalue weighted by atomic mass is 9.75. The van der Waals surface area contributed by atoms with Crippen LogP contribution in [0.2, 0.25) is 0 Å². The Balaban J connectivity index is 2.24. The third-order valence-corrected chi connectivity index (χ3v) is 4.08. The Kier molecular flexibility index (Phi) is 3.40. The number of ether oxygens (including phenoxy) is 1. The van der Waals surface area contributed by atoms with Gasteiger partial charge in [-0.3, -0.25) is 9.89 Å². The number of thiazole rings is 1. The molecule has 0 spiro atoms. The zero-order chi connectivity index (χ0) is 14.9. The molecule has 21 heavy (non-hydrogen) atoms. The molecule has 0 saturated carbocycles. The SMILES string of the molecule is COC1(c2nc[nH]n2)C(c2cscn2)=CC=CC1C(N)=O. The summed E-state index contributed by atoms with van der Waals surface area (Å²) in [6.45, 7) is 0. The maximum absolute atomic E-state index is 11.9. The van der Waals surface area contributed by atoms with Gasteiger partial charge in [0.15, 0.2) is 11.4 Å². The first-order valence-corrected chi connectivity index (χ1v) is 7.12. The number of amides is 1. The molecule has 0 aromatic carbocycles. The normalized spacial score (nSPS) is 24.8. The Labute approximate surface area is 124 Å². The van der Waals surface area contributed by atoms with E-state index >= 15 is 0 Å². The number of carbonyl (C=O) groups excluding carboxylic acids is 1. The number of H-pyrrole nitrogens is 1. The largest absolute Gasteiger partial charge is 0.369 e. The first-order chi connectivity index (χ1) is 10.2. The molecule has 2 aromatic rings. The van der Waals surface area contributed by atoms with Crippen LogP contribution < -0.4 is 5.73 Å². The number of nitrogens with one attached hydrogen (secondary N) is 1. The van der Waals surface area contributed by atoms with Crippen molar-refractivity contribution in [3.05, 3.63) is 47.0 Å². The van der Waals surface area contributed by atoms with Crippen LogP contribution in [0.15, 0.2) is 35.4 Å². The number of nitrogens with two attached hydrogens (primary N) is 1. The second-order valence-electron chi connectivity index (χ2n) is 4.48. The number of nitrogens with zero attached hydrogens (tertiary/aromatic N) is 3. The van der Waals surface area contributed by atoms with Crippen molar-refractivity contribution in [3.8, 4) is 0 Å². The Morgan fingerprint density at radius 3 is 2.95 bits per heavy atom. The standard InChI is InChI=1S/C13H13N5O2S/c1-20-13(12-15-6-17-18-12)8(10-5-21-7-16-10)3-2-4-9(13)11(14)19/h2-7,9H,1H3,(H2,14,19)(H,15,17,18). The third kappa shape index (κ3) is 1.99. The summed E-state index contributed by atoms with van der Waals surface area (Å²) in [5.41, 5.74) is 7.50. The van der Waals surface area contributed by atoms with Crippen molar-refractivity contribution in [2.75, 3.05) is 7.11 Å². The highest BCUT2D eigenvalue weighted by Gasteiger charge is 2.51. The second-order valence-corrected chi connectivity index (χ2v) is 5.20. The van der Waals surface area contributed by atoms with E-state index in [1.165, 1.54) is 24.8 Å². The quantitative estimate of drug-likeness (QED) is 0.871. The molecule has 108 valence electrons. The first kappa shape index (κ1) is 13.7. The number of methoxy groups -OCH3 is 1. The van der Waals surface area contributed by atoms with E-state index in [1.54, 1.807) is 17.7 Å². The van der Waals surface area contributed by atoms with Crippen LogP contribution >= 0.6 is 11.3 Å². The molecule has 2 aromatic heterocycles. The molecule has 0 bridgehead atoms. The molecule has 0 fully saturated rings. The Morgan fingerprint density at radius 2 is 2.38 bits per heavy atom. The summed E-state index contributed by atoms with van der Waals surface area (Å²) in [6.07, 6.45) is 6.74. The molecule has 2 heterocycles. The van der Waals surface area contributed by atoms with Gasteiger partial charge in [-0.15, -0.1) is 11.3 Å². The van der Waals surface area contributed by atoms with Gasteiger partial charge in [0.2, 0.25) is 5.91 Å². The number of carbonyl (C=O) groups is 1. The van der Waals surface area contributed by atoms with E-state index in [1.807, 2.05) is 11.5 Å². The number of hydrogen-bond donors (Lipinski definition) is 2. The van der Waals surface area contributed by atoms with Crippen LogP contribution in [0.3, 0.4) is 0 Å². The van der Waals surface area contributed by atoms with Crippen molar-refractivity contribution in [2.24, 2.45) is 11.7 Å². The minimum atomic E-state index is -1.19. The molecule has 2 atom stereocenters. The summed E-state index contributed by atoms with van der Waals surface area (Å²) in [6, 6.07) is 0.